The van der Waals surface area contributed by atoms with Crippen molar-refractivity contribution in [2.24, 2.45) is 11.8 Å². The Bertz CT molecular complexity index is 549. The molecule has 1 fully saturated rings. The van der Waals surface area contributed by atoms with Crippen molar-refractivity contribution in [2.45, 2.75) is 39.0 Å². The Morgan fingerprint density at radius 2 is 2.00 bits per heavy atom. The number of hydrogen-bond donors (Lipinski definition) is 2. The lowest BCUT2D eigenvalue weighted by Gasteiger charge is -2.10. The van der Waals surface area contributed by atoms with Gasteiger partial charge in [0.1, 0.15) is 0 Å². The highest BCUT2D eigenvalue weighted by molar-refractivity contribution is 7.16. The van der Waals surface area contributed by atoms with Gasteiger partial charge in [0.2, 0.25) is 5.91 Å². The first kappa shape index (κ1) is 12.7. The lowest BCUT2D eigenvalue weighted by Crippen LogP contribution is -2.16. The molecule has 5 heteroatoms. The SMILES string of the molecule is Cc1c(NC(=O)C2CC2C(=O)O)sc2c1CCCC2. The summed E-state index contributed by atoms with van der Waals surface area (Å²) in [6.45, 7) is 2.05. The molecule has 1 saturated carbocycles. The van der Waals surface area contributed by atoms with Gasteiger partial charge in [-0.15, -0.1) is 11.3 Å². The topological polar surface area (TPSA) is 66.4 Å². The van der Waals surface area contributed by atoms with Gasteiger partial charge in [0.25, 0.3) is 0 Å². The molecular formula is C14H17NO3S. The molecule has 2 N–H and O–H groups in total. The Hall–Kier alpha value is -1.36. The summed E-state index contributed by atoms with van der Waals surface area (Å²) in [4.78, 5) is 24.2. The third-order valence-electron chi connectivity index (χ3n) is 4.12. The normalized spacial score (nSPS) is 24.7. The van der Waals surface area contributed by atoms with Gasteiger partial charge in [0.15, 0.2) is 0 Å². The van der Waals surface area contributed by atoms with E-state index in [-0.39, 0.29) is 11.8 Å². The lowest BCUT2D eigenvalue weighted by molar-refractivity contribution is -0.139. The molecule has 0 aromatic carbocycles. The minimum absolute atomic E-state index is 0.130. The number of carbonyl (C=O) groups excluding carboxylic acids is 1. The van der Waals surface area contributed by atoms with Crippen LogP contribution in [0, 0.1) is 18.8 Å². The van der Waals surface area contributed by atoms with Crippen LogP contribution in [-0.2, 0) is 22.4 Å². The maximum absolute atomic E-state index is 12.0. The smallest absolute Gasteiger partial charge is 0.307 e. The van der Waals surface area contributed by atoms with E-state index in [2.05, 4.69) is 12.2 Å². The number of aryl methyl sites for hydroxylation is 1. The number of carboxylic acid groups (broad SMARTS) is 1. The van der Waals surface area contributed by atoms with Crippen molar-refractivity contribution in [2.75, 3.05) is 5.32 Å². The van der Waals surface area contributed by atoms with Crippen molar-refractivity contribution in [1.82, 2.24) is 0 Å². The van der Waals surface area contributed by atoms with Crippen LogP contribution in [0.2, 0.25) is 0 Å². The molecular weight excluding hydrogens is 262 g/mol. The third-order valence-corrected chi connectivity index (χ3v) is 5.43. The number of nitrogens with one attached hydrogen (secondary N) is 1. The van der Waals surface area contributed by atoms with Gasteiger partial charge < -0.3 is 10.4 Å². The Balaban J connectivity index is 1.72. The number of carbonyl (C=O) groups is 2. The van der Waals surface area contributed by atoms with Crippen LogP contribution >= 0.6 is 11.3 Å². The first-order valence-corrected chi connectivity index (χ1v) is 7.54. The molecule has 0 aliphatic heterocycles. The number of amides is 1. The molecule has 2 aliphatic rings. The summed E-state index contributed by atoms with van der Waals surface area (Å²) in [6, 6.07) is 0. The number of aliphatic carboxylic acids is 1. The number of anilines is 1. The molecule has 0 bridgehead atoms. The van der Waals surface area contributed by atoms with E-state index >= 15 is 0 Å². The maximum atomic E-state index is 12.0. The summed E-state index contributed by atoms with van der Waals surface area (Å²) in [7, 11) is 0. The van der Waals surface area contributed by atoms with Crippen molar-refractivity contribution in [1.29, 1.82) is 0 Å². The molecule has 1 heterocycles. The van der Waals surface area contributed by atoms with Gasteiger partial charge in [-0.25, -0.2) is 0 Å². The molecule has 0 saturated heterocycles. The quantitative estimate of drug-likeness (QED) is 0.893. The molecule has 102 valence electrons. The largest absolute Gasteiger partial charge is 0.481 e. The van der Waals surface area contributed by atoms with Crippen molar-refractivity contribution < 1.29 is 14.7 Å². The fourth-order valence-corrected chi connectivity index (χ4v) is 4.10. The minimum atomic E-state index is -0.859. The second kappa shape index (κ2) is 4.63. The molecule has 19 heavy (non-hydrogen) atoms. The van der Waals surface area contributed by atoms with Gasteiger partial charge >= 0.3 is 5.97 Å². The van der Waals surface area contributed by atoms with Crippen LogP contribution in [-0.4, -0.2) is 17.0 Å². The zero-order chi connectivity index (χ0) is 13.6. The third kappa shape index (κ3) is 2.27. The van der Waals surface area contributed by atoms with Crippen molar-refractivity contribution in [3.63, 3.8) is 0 Å². The van der Waals surface area contributed by atoms with Crippen LogP contribution in [0.5, 0.6) is 0 Å². The van der Waals surface area contributed by atoms with Crippen LogP contribution < -0.4 is 5.32 Å². The number of rotatable bonds is 3. The van der Waals surface area contributed by atoms with Crippen LogP contribution in [0.3, 0.4) is 0 Å². The molecule has 1 aromatic heterocycles. The maximum Gasteiger partial charge on any atom is 0.307 e. The van der Waals surface area contributed by atoms with E-state index in [0.29, 0.717) is 6.42 Å². The van der Waals surface area contributed by atoms with Crippen LogP contribution in [0.4, 0.5) is 5.00 Å². The summed E-state index contributed by atoms with van der Waals surface area (Å²) in [6.07, 6.45) is 5.14. The summed E-state index contributed by atoms with van der Waals surface area (Å²) < 4.78 is 0. The van der Waals surface area contributed by atoms with Gasteiger partial charge in [-0.1, -0.05) is 0 Å². The monoisotopic (exact) mass is 279 g/mol. The summed E-state index contributed by atoms with van der Waals surface area (Å²) in [5.41, 5.74) is 2.58. The van der Waals surface area contributed by atoms with Crippen molar-refractivity contribution >= 4 is 28.2 Å². The second-order valence-corrected chi connectivity index (χ2v) is 6.55. The molecule has 2 atom stereocenters. The number of thiophene rings is 1. The summed E-state index contributed by atoms with van der Waals surface area (Å²) in [5, 5.41) is 12.7. The first-order chi connectivity index (χ1) is 9.08. The number of carboxylic acids is 1. The van der Waals surface area contributed by atoms with Gasteiger partial charge in [0, 0.05) is 4.88 Å². The van der Waals surface area contributed by atoms with E-state index in [1.165, 1.54) is 28.8 Å². The van der Waals surface area contributed by atoms with E-state index in [1.807, 2.05) is 0 Å². The number of fused-ring (bicyclic) bond motifs is 1. The fraction of sp³-hybridized carbons (Fsp3) is 0.571. The molecule has 4 nitrogen and oxygen atoms in total. The zero-order valence-corrected chi connectivity index (χ0v) is 11.7. The Morgan fingerprint density at radius 3 is 2.63 bits per heavy atom. The van der Waals surface area contributed by atoms with Crippen LogP contribution in [0.1, 0.15) is 35.3 Å². The molecule has 2 unspecified atom stereocenters. The lowest BCUT2D eigenvalue weighted by atomic mass is 9.96. The summed E-state index contributed by atoms with van der Waals surface area (Å²) >= 11 is 1.67. The zero-order valence-electron chi connectivity index (χ0n) is 10.9. The Morgan fingerprint density at radius 1 is 1.26 bits per heavy atom. The molecule has 2 aliphatic carbocycles. The predicted molar refractivity (Wildman–Crippen MR) is 73.6 cm³/mol. The van der Waals surface area contributed by atoms with Gasteiger partial charge in [-0.2, -0.15) is 0 Å². The molecule has 1 amide bonds. The molecule has 1 aromatic rings. The van der Waals surface area contributed by atoms with Gasteiger partial charge in [-0.05, 0) is 50.2 Å². The van der Waals surface area contributed by atoms with Gasteiger partial charge in [0.05, 0.1) is 16.8 Å². The molecule has 3 rings (SSSR count). The Kier molecular flexibility index (Phi) is 3.09. The molecule has 0 spiro atoms. The highest BCUT2D eigenvalue weighted by Gasteiger charge is 2.48. The van der Waals surface area contributed by atoms with E-state index in [0.717, 1.165) is 17.8 Å². The van der Waals surface area contributed by atoms with E-state index < -0.39 is 11.9 Å². The fourth-order valence-electron chi connectivity index (χ4n) is 2.81. The van der Waals surface area contributed by atoms with Gasteiger partial charge in [-0.3, -0.25) is 9.59 Å². The summed E-state index contributed by atoms with van der Waals surface area (Å²) in [5.74, 6) is -1.80. The Labute approximate surface area is 115 Å². The average Bonchev–Trinajstić information content (AvgIpc) is 3.13. The van der Waals surface area contributed by atoms with Crippen molar-refractivity contribution in [3.8, 4) is 0 Å². The van der Waals surface area contributed by atoms with E-state index in [4.69, 9.17) is 5.11 Å². The van der Waals surface area contributed by atoms with Crippen LogP contribution in [0.25, 0.3) is 0 Å². The minimum Gasteiger partial charge on any atom is -0.481 e. The predicted octanol–water partition coefficient (Wildman–Crippen LogP) is 2.59. The van der Waals surface area contributed by atoms with Crippen molar-refractivity contribution in [3.05, 3.63) is 16.0 Å². The standard InChI is InChI=1S/C14H17NO3S/c1-7-8-4-2-3-5-11(8)19-13(7)15-12(16)9-6-10(9)14(17)18/h9-10H,2-6H2,1H3,(H,15,16)(H,17,18). The van der Waals surface area contributed by atoms with E-state index in [9.17, 15) is 9.59 Å². The average molecular weight is 279 g/mol. The van der Waals surface area contributed by atoms with E-state index in [1.54, 1.807) is 11.3 Å². The molecule has 0 radical (unpaired) electrons. The van der Waals surface area contributed by atoms with Crippen LogP contribution in [0.15, 0.2) is 0 Å². The number of hydrogen-bond acceptors (Lipinski definition) is 3. The first-order valence-electron chi connectivity index (χ1n) is 6.72. The highest BCUT2D eigenvalue weighted by atomic mass is 32.1. The highest BCUT2D eigenvalue weighted by Crippen LogP contribution is 2.42. The second-order valence-electron chi connectivity index (χ2n) is 5.44.